The Labute approximate surface area is 67.1 Å². The number of carbonyl (C=O) groups is 1. The molecule has 11 heavy (non-hydrogen) atoms. The van der Waals surface area contributed by atoms with Gasteiger partial charge in [-0.05, 0) is 19.9 Å². The quantitative estimate of drug-likeness (QED) is 0.636. The number of ether oxygens (including phenoxy) is 1. The van der Waals surface area contributed by atoms with Crippen molar-refractivity contribution in [1.82, 2.24) is 5.32 Å². The van der Waals surface area contributed by atoms with Crippen molar-refractivity contribution in [3.05, 3.63) is 0 Å². The average molecular weight is 157 g/mol. The fourth-order valence-electron chi connectivity index (χ4n) is 1.55. The molecule has 0 aromatic carbocycles. The van der Waals surface area contributed by atoms with E-state index in [0.29, 0.717) is 6.04 Å². The molecule has 0 aromatic rings. The van der Waals surface area contributed by atoms with Crippen molar-refractivity contribution in [2.24, 2.45) is 5.92 Å². The van der Waals surface area contributed by atoms with Gasteiger partial charge in [0, 0.05) is 19.1 Å². The summed E-state index contributed by atoms with van der Waals surface area (Å²) >= 11 is 0. The number of hydrogen-bond donors (Lipinski definition) is 1. The van der Waals surface area contributed by atoms with E-state index < -0.39 is 0 Å². The van der Waals surface area contributed by atoms with Gasteiger partial charge >= 0.3 is 0 Å². The van der Waals surface area contributed by atoms with Gasteiger partial charge in [0.05, 0.1) is 0 Å². The fourth-order valence-corrected chi connectivity index (χ4v) is 1.55. The average Bonchev–Trinajstić information content (AvgIpc) is 2.36. The minimum Gasteiger partial charge on any atom is -0.377 e. The number of hydrogen-bond acceptors (Lipinski definition) is 3. The van der Waals surface area contributed by atoms with Crippen molar-refractivity contribution < 1.29 is 9.53 Å². The van der Waals surface area contributed by atoms with Crippen LogP contribution in [-0.2, 0) is 9.53 Å². The first-order valence-corrected chi connectivity index (χ1v) is 4.00. The lowest BCUT2D eigenvalue weighted by atomic mass is 9.97. The number of methoxy groups -OCH3 is 1. The van der Waals surface area contributed by atoms with E-state index in [-0.39, 0.29) is 18.3 Å². The van der Waals surface area contributed by atoms with E-state index in [0.717, 1.165) is 13.0 Å². The summed E-state index contributed by atoms with van der Waals surface area (Å²) in [7, 11) is 1.56. The molecule has 1 saturated heterocycles. The van der Waals surface area contributed by atoms with Crippen LogP contribution in [0.3, 0.4) is 0 Å². The molecule has 1 aliphatic rings. The molecule has 2 atom stereocenters. The number of carbonyl (C=O) groups excluding carboxylic acids is 1. The van der Waals surface area contributed by atoms with Crippen LogP contribution in [0.25, 0.3) is 0 Å². The Morgan fingerprint density at radius 3 is 2.91 bits per heavy atom. The second kappa shape index (κ2) is 3.83. The standard InChI is InChI=1S/C8H15NO2/c1-6-7(3-4-9-6)8(10)5-11-2/h6-7,9H,3-5H2,1-2H3. The summed E-state index contributed by atoms with van der Waals surface area (Å²) in [5, 5.41) is 3.23. The number of Topliss-reactive ketones (excluding diaryl/α,β-unsaturated/α-hetero) is 1. The maximum absolute atomic E-state index is 11.3. The predicted molar refractivity (Wildman–Crippen MR) is 42.5 cm³/mol. The van der Waals surface area contributed by atoms with Gasteiger partial charge in [0.25, 0.3) is 0 Å². The highest BCUT2D eigenvalue weighted by Gasteiger charge is 2.28. The van der Waals surface area contributed by atoms with Crippen molar-refractivity contribution in [1.29, 1.82) is 0 Å². The Hall–Kier alpha value is -0.410. The lowest BCUT2D eigenvalue weighted by Crippen LogP contribution is -2.30. The summed E-state index contributed by atoms with van der Waals surface area (Å²) in [4.78, 5) is 11.3. The van der Waals surface area contributed by atoms with Gasteiger partial charge in [-0.25, -0.2) is 0 Å². The topological polar surface area (TPSA) is 38.3 Å². The molecule has 64 valence electrons. The molecule has 2 unspecified atom stereocenters. The van der Waals surface area contributed by atoms with E-state index in [4.69, 9.17) is 4.74 Å². The summed E-state index contributed by atoms with van der Waals surface area (Å²) in [6.07, 6.45) is 0.962. The zero-order chi connectivity index (χ0) is 8.27. The number of ketones is 1. The monoisotopic (exact) mass is 157 g/mol. The van der Waals surface area contributed by atoms with Gasteiger partial charge in [-0.15, -0.1) is 0 Å². The van der Waals surface area contributed by atoms with Crippen molar-refractivity contribution in [2.75, 3.05) is 20.3 Å². The Kier molecular flexibility index (Phi) is 3.02. The molecule has 0 radical (unpaired) electrons. The van der Waals surface area contributed by atoms with Gasteiger partial charge < -0.3 is 10.1 Å². The largest absolute Gasteiger partial charge is 0.377 e. The summed E-state index contributed by atoms with van der Waals surface area (Å²) < 4.78 is 4.79. The molecule has 1 fully saturated rings. The lowest BCUT2D eigenvalue weighted by molar-refractivity contribution is -0.126. The summed E-state index contributed by atoms with van der Waals surface area (Å²) in [5.41, 5.74) is 0. The second-order valence-electron chi connectivity index (χ2n) is 3.04. The van der Waals surface area contributed by atoms with Gasteiger partial charge in [0.15, 0.2) is 5.78 Å². The first-order valence-electron chi connectivity index (χ1n) is 4.00. The first-order chi connectivity index (χ1) is 5.25. The van der Waals surface area contributed by atoms with Crippen LogP contribution in [0.5, 0.6) is 0 Å². The molecular formula is C8H15NO2. The van der Waals surface area contributed by atoms with Gasteiger partial charge in [-0.2, -0.15) is 0 Å². The minimum atomic E-state index is 0.176. The van der Waals surface area contributed by atoms with Crippen LogP contribution in [0, 0.1) is 5.92 Å². The zero-order valence-corrected chi connectivity index (χ0v) is 7.09. The molecular weight excluding hydrogens is 142 g/mol. The molecule has 0 saturated carbocycles. The molecule has 1 N–H and O–H groups in total. The van der Waals surface area contributed by atoms with Gasteiger partial charge in [0.1, 0.15) is 6.61 Å². The van der Waals surface area contributed by atoms with Crippen LogP contribution < -0.4 is 5.32 Å². The van der Waals surface area contributed by atoms with Crippen LogP contribution in [0.15, 0.2) is 0 Å². The van der Waals surface area contributed by atoms with Crippen molar-refractivity contribution >= 4 is 5.78 Å². The summed E-state index contributed by atoms with van der Waals surface area (Å²) in [6, 6.07) is 0.331. The molecule has 1 aliphatic heterocycles. The minimum absolute atomic E-state index is 0.176. The normalized spacial score (nSPS) is 30.7. The molecule has 0 bridgehead atoms. The van der Waals surface area contributed by atoms with E-state index in [1.807, 2.05) is 6.92 Å². The van der Waals surface area contributed by atoms with Crippen molar-refractivity contribution in [3.8, 4) is 0 Å². The SMILES string of the molecule is COCC(=O)C1CCNC1C. The maximum Gasteiger partial charge on any atom is 0.163 e. The lowest BCUT2D eigenvalue weighted by Gasteiger charge is -2.12. The highest BCUT2D eigenvalue weighted by molar-refractivity contribution is 5.83. The highest BCUT2D eigenvalue weighted by atomic mass is 16.5. The van der Waals surface area contributed by atoms with E-state index in [1.54, 1.807) is 7.11 Å². The zero-order valence-electron chi connectivity index (χ0n) is 7.09. The first kappa shape index (κ1) is 8.68. The Balaban J connectivity index is 2.39. The number of rotatable bonds is 3. The molecule has 0 aliphatic carbocycles. The van der Waals surface area contributed by atoms with Gasteiger partial charge in [-0.1, -0.05) is 0 Å². The Bertz CT molecular complexity index is 147. The van der Waals surface area contributed by atoms with E-state index in [9.17, 15) is 4.79 Å². The number of nitrogens with one attached hydrogen (secondary N) is 1. The van der Waals surface area contributed by atoms with Crippen LogP contribution >= 0.6 is 0 Å². The van der Waals surface area contributed by atoms with Crippen molar-refractivity contribution in [3.63, 3.8) is 0 Å². The molecule has 0 aromatic heterocycles. The third-order valence-corrected chi connectivity index (χ3v) is 2.23. The fraction of sp³-hybridized carbons (Fsp3) is 0.875. The summed E-state index contributed by atoms with van der Waals surface area (Å²) in [6.45, 7) is 3.27. The van der Waals surface area contributed by atoms with Gasteiger partial charge in [-0.3, -0.25) is 4.79 Å². The molecule has 3 nitrogen and oxygen atoms in total. The van der Waals surface area contributed by atoms with Crippen LogP contribution in [0.2, 0.25) is 0 Å². The van der Waals surface area contributed by atoms with E-state index in [2.05, 4.69) is 5.32 Å². The van der Waals surface area contributed by atoms with Crippen LogP contribution in [0.4, 0.5) is 0 Å². The molecule has 1 rings (SSSR count). The molecule has 0 amide bonds. The highest BCUT2D eigenvalue weighted by Crippen LogP contribution is 2.15. The Morgan fingerprint density at radius 2 is 2.45 bits per heavy atom. The van der Waals surface area contributed by atoms with Crippen molar-refractivity contribution in [2.45, 2.75) is 19.4 Å². The van der Waals surface area contributed by atoms with Crippen LogP contribution in [0.1, 0.15) is 13.3 Å². The second-order valence-corrected chi connectivity index (χ2v) is 3.04. The molecule has 0 spiro atoms. The molecule has 3 heteroatoms. The van der Waals surface area contributed by atoms with E-state index >= 15 is 0 Å². The third kappa shape index (κ3) is 2.01. The maximum atomic E-state index is 11.3. The van der Waals surface area contributed by atoms with Crippen LogP contribution in [-0.4, -0.2) is 32.1 Å². The third-order valence-electron chi connectivity index (χ3n) is 2.23. The van der Waals surface area contributed by atoms with E-state index in [1.165, 1.54) is 0 Å². The predicted octanol–water partition coefficient (Wildman–Crippen LogP) is 0.200. The molecule has 1 heterocycles. The Morgan fingerprint density at radius 1 is 1.73 bits per heavy atom. The van der Waals surface area contributed by atoms with Gasteiger partial charge in [0.2, 0.25) is 0 Å². The summed E-state index contributed by atoms with van der Waals surface area (Å²) in [5.74, 6) is 0.403. The smallest absolute Gasteiger partial charge is 0.163 e.